The molecule has 6 N–H and O–H groups in total. The van der Waals surface area contributed by atoms with Crippen molar-refractivity contribution in [2.24, 2.45) is 17.6 Å². The van der Waals surface area contributed by atoms with Gasteiger partial charge in [-0.3, -0.25) is 9.78 Å². The zero-order valence-corrected chi connectivity index (χ0v) is 33.7. The van der Waals surface area contributed by atoms with Crippen LogP contribution in [0.5, 0.6) is 0 Å². The van der Waals surface area contributed by atoms with E-state index in [0.717, 1.165) is 70.4 Å². The maximum atomic E-state index is 13.8. The lowest BCUT2D eigenvalue weighted by atomic mass is 9.89. The highest BCUT2D eigenvalue weighted by atomic mass is 16.5. The number of hydrogen-bond donors (Lipinski definition) is 5. The van der Waals surface area contributed by atoms with Gasteiger partial charge in [0.15, 0.2) is 5.58 Å². The van der Waals surface area contributed by atoms with E-state index in [4.69, 9.17) is 34.6 Å². The predicted molar refractivity (Wildman–Crippen MR) is 219 cm³/mol. The minimum absolute atomic E-state index is 0.0336. The Morgan fingerprint density at radius 3 is 2.49 bits per heavy atom. The molecule has 0 bridgehead atoms. The number of ether oxygens (including phenoxy) is 2. The van der Waals surface area contributed by atoms with Crippen LogP contribution in [0.1, 0.15) is 71.5 Å². The van der Waals surface area contributed by atoms with Gasteiger partial charge in [0.25, 0.3) is 0 Å². The Balaban J connectivity index is 1.14. The zero-order chi connectivity index (χ0) is 40.5. The number of H-pyrrole nitrogens is 1. The Morgan fingerprint density at radius 1 is 1.00 bits per heavy atom. The Bertz CT molecular complexity index is 2270. The molecule has 2 aromatic carbocycles. The number of anilines is 2. The summed E-state index contributed by atoms with van der Waals surface area (Å²) in [6.07, 6.45) is 4.47. The van der Waals surface area contributed by atoms with E-state index in [2.05, 4.69) is 39.7 Å². The fourth-order valence-electron chi connectivity index (χ4n) is 8.32. The number of nitrogens with one attached hydrogen (secondary N) is 4. The third kappa shape index (κ3) is 7.74. The fraction of sp³-hybridized carbons (Fsp3) is 0.512. The molecule has 2 aliphatic heterocycles. The van der Waals surface area contributed by atoms with Gasteiger partial charge in [-0.15, -0.1) is 0 Å². The number of fused-ring (bicyclic) bond motifs is 6. The molecular weight excluding hydrogens is 729 g/mol. The molecular formula is C41H54N10O6. The molecule has 2 aliphatic rings. The number of alkyl carbamates (subject to hydrolysis) is 2. The lowest BCUT2D eigenvalue weighted by Gasteiger charge is -2.36. The van der Waals surface area contributed by atoms with Crippen LogP contribution in [0.15, 0.2) is 40.9 Å². The number of amides is 3. The van der Waals surface area contributed by atoms with Crippen molar-refractivity contribution in [3.05, 3.63) is 42.4 Å². The third-order valence-corrected chi connectivity index (χ3v) is 11.5. The van der Waals surface area contributed by atoms with Crippen LogP contribution in [0, 0.1) is 11.8 Å². The smallest absolute Gasteiger partial charge is 0.407 e. The number of pyridine rings is 1. The molecule has 304 valence electrons. The highest BCUT2D eigenvalue weighted by molar-refractivity contribution is 6.03. The van der Waals surface area contributed by atoms with Crippen molar-refractivity contribution in [2.75, 3.05) is 44.6 Å². The van der Waals surface area contributed by atoms with E-state index >= 15 is 0 Å². The lowest BCUT2D eigenvalue weighted by Crippen LogP contribution is -2.57. The van der Waals surface area contributed by atoms with Crippen molar-refractivity contribution in [3.63, 3.8) is 0 Å². The van der Waals surface area contributed by atoms with E-state index in [9.17, 15) is 14.4 Å². The molecule has 2 unspecified atom stereocenters. The van der Waals surface area contributed by atoms with E-state index in [0.29, 0.717) is 36.5 Å². The van der Waals surface area contributed by atoms with Crippen LogP contribution in [0.3, 0.4) is 0 Å². The maximum Gasteiger partial charge on any atom is 0.407 e. The summed E-state index contributed by atoms with van der Waals surface area (Å²) in [5, 5.41) is 10.3. The molecule has 1 saturated heterocycles. The summed E-state index contributed by atoms with van der Waals surface area (Å²) in [5.41, 5.74) is 12.2. The van der Waals surface area contributed by atoms with Gasteiger partial charge in [0.1, 0.15) is 34.8 Å². The van der Waals surface area contributed by atoms with Crippen LogP contribution in [-0.2, 0) is 14.3 Å². The first-order valence-corrected chi connectivity index (χ1v) is 19.8. The summed E-state index contributed by atoms with van der Waals surface area (Å²) < 4.78 is 16.2. The van der Waals surface area contributed by atoms with Gasteiger partial charge in [0.05, 0.1) is 43.2 Å². The molecule has 0 saturated carbocycles. The summed E-state index contributed by atoms with van der Waals surface area (Å²) in [6.45, 7) is 9.14. The van der Waals surface area contributed by atoms with Gasteiger partial charge in [0, 0.05) is 36.5 Å². The van der Waals surface area contributed by atoms with Gasteiger partial charge in [-0.05, 0) is 80.8 Å². The average molecular weight is 783 g/mol. The number of methoxy groups -OCH3 is 2. The van der Waals surface area contributed by atoms with Crippen molar-refractivity contribution >= 4 is 62.5 Å². The van der Waals surface area contributed by atoms with Crippen LogP contribution >= 0.6 is 0 Å². The topological polar surface area (TPSA) is 206 Å². The molecule has 1 fully saturated rings. The number of aromatic nitrogens is 4. The van der Waals surface area contributed by atoms with E-state index in [1.54, 1.807) is 6.20 Å². The standard InChI is InChI=1S/C41H54N10O6/c1-21(2)27(46-40(53)55-6)18-23(10-8-16-42)36-44-29-20-43-28-19-24(12-13-25(28)33(29)47-36)38-45-26-14-15-30-34(35(26)57-38)48-37(50(30)5)31-11-9-17-51(31)39(52)32(22(3)4)49-41(54)56-7/h12-15,19-23,27,31-32,37,48H,8-11,16-18,42H2,1-7H3,(H,44,47)(H,46,53)(H,49,54)/t23?,27-,31+,32+,37?/m1/s1. The molecule has 0 spiro atoms. The first-order valence-electron chi connectivity index (χ1n) is 19.8. The van der Waals surface area contributed by atoms with Gasteiger partial charge in [0.2, 0.25) is 11.8 Å². The van der Waals surface area contributed by atoms with Crippen LogP contribution in [0.2, 0.25) is 0 Å². The summed E-state index contributed by atoms with van der Waals surface area (Å²) in [4.78, 5) is 60.3. The number of likely N-dealkylation sites (N-methyl/N-ethyl adjacent to an activating group) is 1. The highest BCUT2D eigenvalue weighted by Gasteiger charge is 2.43. The average Bonchev–Trinajstić information content (AvgIpc) is 4.02. The summed E-state index contributed by atoms with van der Waals surface area (Å²) in [6, 6.07) is 9.00. The molecule has 16 nitrogen and oxygen atoms in total. The zero-order valence-electron chi connectivity index (χ0n) is 33.7. The first-order chi connectivity index (χ1) is 27.4. The molecule has 0 radical (unpaired) electrons. The van der Waals surface area contributed by atoms with Crippen molar-refractivity contribution in [1.82, 2.24) is 35.5 Å². The van der Waals surface area contributed by atoms with Gasteiger partial charge in [-0.1, -0.05) is 27.7 Å². The second kappa shape index (κ2) is 16.5. The monoisotopic (exact) mass is 782 g/mol. The molecule has 5 heterocycles. The molecule has 57 heavy (non-hydrogen) atoms. The van der Waals surface area contributed by atoms with Crippen LogP contribution in [-0.4, -0.2) is 102 Å². The highest BCUT2D eigenvalue weighted by Crippen LogP contribution is 2.44. The minimum Gasteiger partial charge on any atom is -0.453 e. The Labute approximate surface area is 331 Å². The summed E-state index contributed by atoms with van der Waals surface area (Å²) >= 11 is 0. The van der Waals surface area contributed by atoms with E-state index in [1.807, 2.05) is 56.1 Å². The van der Waals surface area contributed by atoms with Crippen LogP contribution < -0.4 is 26.6 Å². The number of rotatable bonds is 13. The van der Waals surface area contributed by atoms with Crippen molar-refractivity contribution in [2.45, 2.75) is 90.0 Å². The summed E-state index contributed by atoms with van der Waals surface area (Å²) in [7, 11) is 4.68. The van der Waals surface area contributed by atoms with Gasteiger partial charge >= 0.3 is 12.2 Å². The number of carbonyl (C=O) groups excluding carboxylic acids is 3. The fourth-order valence-corrected chi connectivity index (χ4v) is 8.32. The second-order valence-electron chi connectivity index (χ2n) is 15.8. The molecule has 16 heteroatoms. The number of benzene rings is 2. The largest absolute Gasteiger partial charge is 0.453 e. The third-order valence-electron chi connectivity index (χ3n) is 11.5. The Kier molecular flexibility index (Phi) is 11.4. The number of aromatic amines is 1. The van der Waals surface area contributed by atoms with Gasteiger partial charge in [-0.25, -0.2) is 19.6 Å². The molecule has 5 aromatic rings. The number of nitrogens with zero attached hydrogens (tertiary/aromatic N) is 5. The van der Waals surface area contributed by atoms with Crippen molar-refractivity contribution < 1.29 is 28.3 Å². The first kappa shape index (κ1) is 39.6. The second-order valence-corrected chi connectivity index (χ2v) is 15.8. The number of nitrogens with two attached hydrogens (primary N) is 1. The lowest BCUT2D eigenvalue weighted by molar-refractivity contribution is -0.135. The number of imidazole rings is 1. The van der Waals surface area contributed by atoms with E-state index in [1.165, 1.54) is 14.2 Å². The molecule has 7 rings (SSSR count). The quantitative estimate of drug-likeness (QED) is 0.0923. The maximum absolute atomic E-state index is 13.8. The van der Waals surface area contributed by atoms with Crippen molar-refractivity contribution in [3.8, 4) is 11.5 Å². The predicted octanol–water partition coefficient (Wildman–Crippen LogP) is 6.07. The van der Waals surface area contributed by atoms with Gasteiger partial charge in [-0.2, -0.15) is 0 Å². The van der Waals surface area contributed by atoms with E-state index < -0.39 is 18.2 Å². The normalized spacial score (nSPS) is 18.3. The Hall–Kier alpha value is -5.64. The van der Waals surface area contributed by atoms with Crippen molar-refractivity contribution in [1.29, 1.82) is 0 Å². The molecule has 0 aliphatic carbocycles. The van der Waals surface area contributed by atoms with Crippen LogP contribution in [0.4, 0.5) is 21.0 Å². The number of hydrogen-bond acceptors (Lipinski definition) is 12. The van der Waals surface area contributed by atoms with E-state index in [-0.39, 0.29) is 41.9 Å². The minimum atomic E-state index is -0.698. The number of carbonyl (C=O) groups is 3. The van der Waals surface area contributed by atoms with Crippen LogP contribution in [0.25, 0.3) is 44.5 Å². The molecule has 5 atom stereocenters. The SMILES string of the molecule is COC(=O)N[C@H](C(=O)N1CCC[C@H]1C1Nc2c(ccc3nc(-c4ccc5c(c4)ncc4nc(C(CCCN)C[C@@H](NC(=O)OC)C(C)C)[nH]c45)oc23)N1C)C(C)C. The Morgan fingerprint density at radius 2 is 1.77 bits per heavy atom. The molecule has 3 amide bonds. The number of likely N-dealkylation sites (tertiary alicyclic amines) is 1. The number of oxazole rings is 1. The molecule has 3 aromatic heterocycles. The van der Waals surface area contributed by atoms with Gasteiger partial charge < -0.3 is 50.4 Å². The summed E-state index contributed by atoms with van der Waals surface area (Å²) in [5.74, 6) is 1.28.